The van der Waals surface area contributed by atoms with Crippen LogP contribution in [-0.4, -0.2) is 17.0 Å². The highest BCUT2D eigenvalue weighted by molar-refractivity contribution is 5.16. The first kappa shape index (κ1) is 9.86. The summed E-state index contributed by atoms with van der Waals surface area (Å²) >= 11 is 0. The molecule has 1 N–H and O–H groups in total. The van der Waals surface area contributed by atoms with Crippen LogP contribution in [0.5, 0.6) is 0 Å². The zero-order chi connectivity index (χ0) is 9.84. The van der Waals surface area contributed by atoms with Crippen LogP contribution in [0.1, 0.15) is 24.4 Å². The van der Waals surface area contributed by atoms with E-state index in [1.54, 1.807) is 12.4 Å². The highest BCUT2D eigenvalue weighted by Gasteiger charge is 2.10. The molecule has 3 heteroatoms. The smallest absolute Gasteiger partial charge is 0.0798 e. The van der Waals surface area contributed by atoms with Crippen LogP contribution in [-0.2, 0) is 0 Å². The lowest BCUT2D eigenvalue weighted by atomic mass is 10.1. The molecule has 0 aromatic carbocycles. The molecule has 1 atom stereocenters. The van der Waals surface area contributed by atoms with Gasteiger partial charge in [0.05, 0.1) is 23.6 Å². The van der Waals surface area contributed by atoms with Gasteiger partial charge < -0.3 is 5.32 Å². The third kappa shape index (κ3) is 2.36. The monoisotopic (exact) mass is 177 g/mol. The molecule has 70 valence electrons. The maximum atomic E-state index is 4.28. The van der Waals surface area contributed by atoms with E-state index in [0.29, 0.717) is 0 Å². The van der Waals surface area contributed by atoms with E-state index >= 15 is 0 Å². The number of hydrogen-bond donors (Lipinski definition) is 1. The van der Waals surface area contributed by atoms with E-state index in [4.69, 9.17) is 0 Å². The van der Waals surface area contributed by atoms with Crippen molar-refractivity contribution >= 4 is 0 Å². The van der Waals surface area contributed by atoms with Crippen LogP contribution in [0.15, 0.2) is 24.5 Å². The molecular weight excluding hydrogens is 162 g/mol. The van der Waals surface area contributed by atoms with Gasteiger partial charge in [-0.05, 0) is 20.9 Å². The van der Waals surface area contributed by atoms with Gasteiger partial charge in [-0.2, -0.15) is 0 Å². The molecule has 1 unspecified atom stereocenters. The maximum absolute atomic E-state index is 4.28. The number of likely N-dealkylation sites (N-methyl/N-ethyl adjacent to an activating group) is 1. The molecule has 3 nitrogen and oxygen atoms in total. The number of aryl methyl sites for hydroxylation is 1. The second kappa shape index (κ2) is 4.14. The molecule has 0 aliphatic heterocycles. The summed E-state index contributed by atoms with van der Waals surface area (Å²) in [6, 6.07) is 0.105. The number of aromatic nitrogens is 2. The summed E-state index contributed by atoms with van der Waals surface area (Å²) in [6.07, 6.45) is 3.55. The van der Waals surface area contributed by atoms with E-state index in [9.17, 15) is 0 Å². The molecule has 0 aliphatic rings. The minimum absolute atomic E-state index is 0.105. The summed E-state index contributed by atoms with van der Waals surface area (Å²) in [5, 5.41) is 3.14. The molecule has 1 aromatic rings. The Bertz CT molecular complexity index is 290. The van der Waals surface area contributed by atoms with Gasteiger partial charge in [0.15, 0.2) is 0 Å². The summed E-state index contributed by atoms with van der Waals surface area (Å²) in [7, 11) is 1.89. The lowest BCUT2D eigenvalue weighted by Gasteiger charge is -2.14. The zero-order valence-corrected chi connectivity index (χ0v) is 8.33. The molecule has 1 aromatic heterocycles. The second-order valence-electron chi connectivity index (χ2n) is 3.15. The Morgan fingerprint density at radius 1 is 1.46 bits per heavy atom. The van der Waals surface area contributed by atoms with E-state index in [-0.39, 0.29) is 6.04 Å². The largest absolute Gasteiger partial charge is 0.308 e. The van der Waals surface area contributed by atoms with Crippen molar-refractivity contribution in [1.29, 1.82) is 0 Å². The average Bonchev–Trinajstić information content (AvgIpc) is 2.09. The fourth-order valence-corrected chi connectivity index (χ4v) is 1.20. The van der Waals surface area contributed by atoms with Gasteiger partial charge in [-0.1, -0.05) is 12.2 Å². The summed E-state index contributed by atoms with van der Waals surface area (Å²) < 4.78 is 0. The summed E-state index contributed by atoms with van der Waals surface area (Å²) in [4.78, 5) is 8.47. The normalized spacial score (nSPS) is 12.5. The Morgan fingerprint density at radius 2 is 2.15 bits per heavy atom. The lowest BCUT2D eigenvalue weighted by Crippen LogP contribution is -2.18. The van der Waals surface area contributed by atoms with Crippen molar-refractivity contribution in [3.8, 4) is 0 Å². The van der Waals surface area contributed by atoms with E-state index < -0.39 is 0 Å². The van der Waals surface area contributed by atoms with Crippen molar-refractivity contribution < 1.29 is 0 Å². The first-order valence-electron chi connectivity index (χ1n) is 4.26. The van der Waals surface area contributed by atoms with Gasteiger partial charge in [-0.3, -0.25) is 9.97 Å². The second-order valence-corrected chi connectivity index (χ2v) is 3.15. The summed E-state index contributed by atoms with van der Waals surface area (Å²) in [6.45, 7) is 7.79. The van der Waals surface area contributed by atoms with Crippen LogP contribution in [0.2, 0.25) is 0 Å². The Morgan fingerprint density at radius 3 is 2.54 bits per heavy atom. The minimum atomic E-state index is 0.105. The summed E-state index contributed by atoms with van der Waals surface area (Å²) in [5.74, 6) is 0. The van der Waals surface area contributed by atoms with Crippen molar-refractivity contribution in [3.63, 3.8) is 0 Å². The molecule has 0 saturated carbocycles. The van der Waals surface area contributed by atoms with Crippen LogP contribution in [0.25, 0.3) is 0 Å². The quantitative estimate of drug-likeness (QED) is 0.713. The molecule has 0 amide bonds. The lowest BCUT2D eigenvalue weighted by molar-refractivity contribution is 0.654. The van der Waals surface area contributed by atoms with Gasteiger partial charge >= 0.3 is 0 Å². The van der Waals surface area contributed by atoms with E-state index in [1.165, 1.54) is 0 Å². The van der Waals surface area contributed by atoms with Crippen molar-refractivity contribution in [2.45, 2.75) is 19.9 Å². The van der Waals surface area contributed by atoms with E-state index in [2.05, 4.69) is 21.9 Å². The molecule has 0 fully saturated rings. The van der Waals surface area contributed by atoms with Crippen molar-refractivity contribution in [2.24, 2.45) is 0 Å². The van der Waals surface area contributed by atoms with Gasteiger partial charge in [-0.15, -0.1) is 0 Å². The molecule has 0 saturated heterocycles. The Kier molecular flexibility index (Phi) is 3.14. The third-order valence-corrected chi connectivity index (χ3v) is 1.88. The van der Waals surface area contributed by atoms with Crippen molar-refractivity contribution in [3.05, 3.63) is 35.9 Å². The average molecular weight is 177 g/mol. The van der Waals surface area contributed by atoms with E-state index in [0.717, 1.165) is 17.0 Å². The summed E-state index contributed by atoms with van der Waals surface area (Å²) in [5.41, 5.74) is 2.89. The number of nitrogens with one attached hydrogen (secondary N) is 1. The Labute approximate surface area is 78.9 Å². The number of rotatable bonds is 3. The van der Waals surface area contributed by atoms with Crippen LogP contribution in [0.3, 0.4) is 0 Å². The highest BCUT2D eigenvalue weighted by atomic mass is 14.9. The molecule has 1 heterocycles. The SMILES string of the molecule is C=C(C)C(NC)c1cnc(C)cn1. The topological polar surface area (TPSA) is 37.8 Å². The number of hydrogen-bond acceptors (Lipinski definition) is 3. The molecular formula is C10H15N3. The van der Waals surface area contributed by atoms with Crippen LogP contribution in [0, 0.1) is 6.92 Å². The van der Waals surface area contributed by atoms with Crippen LogP contribution in [0.4, 0.5) is 0 Å². The van der Waals surface area contributed by atoms with E-state index in [1.807, 2.05) is 20.9 Å². The Hall–Kier alpha value is -1.22. The van der Waals surface area contributed by atoms with Gasteiger partial charge in [0, 0.05) is 6.20 Å². The number of nitrogens with zero attached hydrogens (tertiary/aromatic N) is 2. The minimum Gasteiger partial charge on any atom is -0.308 e. The molecule has 1 rings (SSSR count). The fraction of sp³-hybridized carbons (Fsp3) is 0.400. The van der Waals surface area contributed by atoms with Gasteiger partial charge in [0.25, 0.3) is 0 Å². The standard InChI is InChI=1S/C10H15N3/c1-7(2)10(11-4)9-6-12-8(3)5-13-9/h5-6,10-11H,1H2,2-4H3. The van der Waals surface area contributed by atoms with Crippen LogP contribution >= 0.6 is 0 Å². The van der Waals surface area contributed by atoms with Crippen LogP contribution < -0.4 is 5.32 Å². The zero-order valence-electron chi connectivity index (χ0n) is 8.33. The Balaban J connectivity index is 2.92. The highest BCUT2D eigenvalue weighted by Crippen LogP contribution is 2.15. The first-order valence-corrected chi connectivity index (χ1v) is 4.26. The first-order chi connectivity index (χ1) is 6.15. The maximum Gasteiger partial charge on any atom is 0.0798 e. The van der Waals surface area contributed by atoms with Gasteiger partial charge in [0.2, 0.25) is 0 Å². The molecule has 0 bridgehead atoms. The van der Waals surface area contributed by atoms with Crippen molar-refractivity contribution in [2.75, 3.05) is 7.05 Å². The molecule has 0 radical (unpaired) electrons. The van der Waals surface area contributed by atoms with Crippen molar-refractivity contribution in [1.82, 2.24) is 15.3 Å². The van der Waals surface area contributed by atoms with Gasteiger partial charge in [-0.25, -0.2) is 0 Å². The predicted octanol–water partition coefficient (Wildman–Crippen LogP) is 1.62. The predicted molar refractivity (Wildman–Crippen MR) is 53.4 cm³/mol. The molecule has 13 heavy (non-hydrogen) atoms. The molecule has 0 spiro atoms. The fourth-order valence-electron chi connectivity index (χ4n) is 1.20. The third-order valence-electron chi connectivity index (χ3n) is 1.88. The van der Waals surface area contributed by atoms with Gasteiger partial charge in [0.1, 0.15) is 0 Å². The molecule has 0 aliphatic carbocycles.